The lowest BCUT2D eigenvalue weighted by atomic mass is 9.76. The molecule has 9 nitrogen and oxygen atoms in total. The Morgan fingerprint density at radius 1 is 0.854 bits per heavy atom. The zero-order valence-corrected chi connectivity index (χ0v) is 23.4. The molecule has 9 heteroatoms. The van der Waals surface area contributed by atoms with Crippen LogP contribution in [0.4, 0.5) is 0 Å². The van der Waals surface area contributed by atoms with Crippen LogP contribution in [0, 0.1) is 11.8 Å². The topological polar surface area (TPSA) is 162 Å². The van der Waals surface area contributed by atoms with E-state index in [9.17, 15) is 24.6 Å². The second kappa shape index (κ2) is 11.1. The number of carboxylic acids is 2. The van der Waals surface area contributed by atoms with Gasteiger partial charge >= 0.3 is 11.9 Å². The molecule has 0 aliphatic carbocycles. The van der Waals surface area contributed by atoms with E-state index >= 15 is 0 Å². The summed E-state index contributed by atoms with van der Waals surface area (Å²) < 4.78 is 1.62. The van der Waals surface area contributed by atoms with Gasteiger partial charge in [-0.3, -0.25) is 4.79 Å². The van der Waals surface area contributed by atoms with Crippen molar-refractivity contribution in [2.75, 3.05) is 0 Å². The quantitative estimate of drug-likeness (QED) is 0.163. The third-order valence-corrected chi connectivity index (χ3v) is 7.73. The molecule has 41 heavy (non-hydrogen) atoms. The van der Waals surface area contributed by atoms with Crippen LogP contribution in [0.25, 0.3) is 33.8 Å². The van der Waals surface area contributed by atoms with Crippen molar-refractivity contribution >= 4 is 34.6 Å². The number of carbonyl (C=O) groups excluding carboxylic acids is 1. The number of benzene rings is 3. The Morgan fingerprint density at radius 2 is 1.49 bits per heavy atom. The highest BCUT2D eigenvalue weighted by Gasteiger charge is 2.44. The van der Waals surface area contributed by atoms with Gasteiger partial charge in [0.1, 0.15) is 11.2 Å². The Hall–Kier alpha value is -4.60. The summed E-state index contributed by atoms with van der Waals surface area (Å²) in [6.45, 7) is 6.63. The summed E-state index contributed by atoms with van der Waals surface area (Å²) in [6.07, 6.45) is 4.31. The maximum atomic E-state index is 13.1. The molecule has 0 spiro atoms. The third kappa shape index (κ3) is 5.05. The van der Waals surface area contributed by atoms with Gasteiger partial charge in [-0.2, -0.15) is 5.10 Å². The molecule has 0 aliphatic heterocycles. The number of nitrogens with zero attached hydrogens (tertiary/aromatic N) is 2. The van der Waals surface area contributed by atoms with Gasteiger partial charge in [-0.15, -0.1) is 0 Å². The fourth-order valence-corrected chi connectivity index (χ4v) is 4.90. The molecule has 1 heterocycles. The number of hydrogen-bond acceptors (Lipinski definition) is 6. The van der Waals surface area contributed by atoms with Crippen molar-refractivity contribution in [3.8, 4) is 16.9 Å². The average Bonchev–Trinajstić information content (AvgIpc) is 3.38. The summed E-state index contributed by atoms with van der Waals surface area (Å²) in [5.41, 5.74) is 11.3. The van der Waals surface area contributed by atoms with E-state index in [1.165, 1.54) is 6.08 Å². The Morgan fingerprint density at radius 3 is 2.07 bits per heavy atom. The molecule has 0 fully saturated rings. The minimum absolute atomic E-state index is 0.360. The fourth-order valence-electron chi connectivity index (χ4n) is 4.90. The van der Waals surface area contributed by atoms with Crippen molar-refractivity contribution in [3.05, 3.63) is 90.1 Å². The molecular weight excluding hydrogens is 520 g/mol. The van der Waals surface area contributed by atoms with Crippen molar-refractivity contribution in [2.24, 2.45) is 23.3 Å². The van der Waals surface area contributed by atoms with Crippen LogP contribution in [-0.2, 0) is 19.9 Å². The van der Waals surface area contributed by atoms with Crippen LogP contribution >= 0.6 is 0 Å². The molecule has 0 saturated heterocycles. The smallest absolute Gasteiger partial charge is 0.332 e. The van der Waals surface area contributed by atoms with Crippen LogP contribution < -0.4 is 11.5 Å². The summed E-state index contributed by atoms with van der Waals surface area (Å²) in [4.78, 5) is 37.8. The van der Waals surface area contributed by atoms with Gasteiger partial charge in [0.15, 0.2) is 11.3 Å². The lowest BCUT2D eigenvalue weighted by molar-refractivity contribution is -0.149. The Bertz CT molecular complexity index is 1660. The van der Waals surface area contributed by atoms with Gasteiger partial charge in [-0.05, 0) is 52.5 Å². The highest BCUT2D eigenvalue weighted by Crippen LogP contribution is 2.41. The summed E-state index contributed by atoms with van der Waals surface area (Å²) in [5, 5.41) is 26.5. The third-order valence-electron chi connectivity index (χ3n) is 7.73. The lowest BCUT2D eigenvalue weighted by Gasteiger charge is -2.32. The number of carbonyl (C=O) groups is 3. The first kappa shape index (κ1) is 29.4. The van der Waals surface area contributed by atoms with Crippen LogP contribution in [-0.4, -0.2) is 43.3 Å². The number of aliphatic carboxylic acids is 2. The average molecular weight is 555 g/mol. The molecule has 2 atom stereocenters. The molecular formula is C32H34N4O5. The summed E-state index contributed by atoms with van der Waals surface area (Å²) in [5.74, 6) is -4.56. The fraction of sp³-hybridized carbons (Fsp3) is 0.250. The predicted molar refractivity (Wildman–Crippen MR) is 158 cm³/mol. The Kier molecular flexibility index (Phi) is 7.96. The van der Waals surface area contributed by atoms with E-state index in [4.69, 9.17) is 16.6 Å². The maximum absolute atomic E-state index is 13.1. The van der Waals surface area contributed by atoms with Crippen LogP contribution in [0.2, 0.25) is 0 Å². The minimum atomic E-state index is -2.12. The zero-order valence-electron chi connectivity index (χ0n) is 23.4. The molecule has 4 rings (SSSR count). The molecule has 1 aromatic heterocycles. The molecule has 0 aliphatic rings. The van der Waals surface area contributed by atoms with Gasteiger partial charge in [-0.1, -0.05) is 82.3 Å². The first-order chi connectivity index (χ1) is 19.3. The van der Waals surface area contributed by atoms with Gasteiger partial charge in [0.05, 0.1) is 5.69 Å². The highest BCUT2D eigenvalue weighted by molar-refractivity contribution is 6.14. The lowest BCUT2D eigenvalue weighted by Crippen LogP contribution is -2.58. The number of carboxylic acid groups (broad SMARTS) is 2. The number of para-hydroxylation sites is 1. The molecule has 3 aromatic carbocycles. The zero-order chi connectivity index (χ0) is 30.1. The summed E-state index contributed by atoms with van der Waals surface area (Å²) >= 11 is 0. The summed E-state index contributed by atoms with van der Waals surface area (Å²) in [7, 11) is 0. The van der Waals surface area contributed by atoms with Crippen molar-refractivity contribution in [1.29, 1.82) is 0 Å². The van der Waals surface area contributed by atoms with Gasteiger partial charge < -0.3 is 21.7 Å². The Balaban J connectivity index is 2.05. The maximum Gasteiger partial charge on any atom is 0.332 e. The highest BCUT2D eigenvalue weighted by atomic mass is 16.4. The monoisotopic (exact) mass is 554 g/mol. The van der Waals surface area contributed by atoms with Crippen molar-refractivity contribution < 1.29 is 24.6 Å². The van der Waals surface area contributed by atoms with Crippen LogP contribution in [0.3, 0.4) is 0 Å². The molecule has 0 radical (unpaired) electrons. The Labute approximate surface area is 238 Å². The molecule has 4 aromatic rings. The van der Waals surface area contributed by atoms with Crippen LogP contribution in [0.5, 0.6) is 0 Å². The number of rotatable bonds is 10. The molecule has 212 valence electrons. The molecule has 0 amide bonds. The second-order valence-corrected chi connectivity index (χ2v) is 10.8. The SMILES string of the molecule is CC(C)[C@](N)(C(=O)O)C(=O)/C=C/c1cn(-c2ccccc2)nc1-c1c([C@@](N)(C(=O)O)C(C)C)ccc2ccccc12. The van der Waals surface area contributed by atoms with Crippen LogP contribution in [0.15, 0.2) is 79.0 Å². The number of aromatic nitrogens is 2. The first-order valence-corrected chi connectivity index (χ1v) is 13.3. The standard InChI is InChI=1S/C32H34N4O5/c1-19(2)31(33,29(38)39)25-16-14-21-10-8-9-13-24(21)27(25)28-22(18-36(35-28)23-11-6-5-7-12-23)15-17-26(37)32(34,20(3)4)30(40)41/h5-20H,33-34H2,1-4H3,(H,38,39)(H,40,41)/b17-15+/t31-,32-/m1/s1. The van der Waals surface area contributed by atoms with Gasteiger partial charge in [0, 0.05) is 17.3 Å². The van der Waals surface area contributed by atoms with Crippen molar-refractivity contribution in [3.63, 3.8) is 0 Å². The largest absolute Gasteiger partial charge is 0.480 e. The van der Waals surface area contributed by atoms with Crippen molar-refractivity contribution in [2.45, 2.75) is 38.8 Å². The normalized spacial score (nSPS) is 14.8. The predicted octanol–water partition coefficient (Wildman–Crippen LogP) is 4.61. The van der Waals surface area contributed by atoms with E-state index in [0.717, 1.165) is 22.5 Å². The van der Waals surface area contributed by atoms with E-state index in [0.29, 0.717) is 22.4 Å². The second-order valence-electron chi connectivity index (χ2n) is 10.8. The molecule has 0 bridgehead atoms. The van der Waals surface area contributed by atoms with E-state index < -0.39 is 40.6 Å². The number of ketones is 1. The summed E-state index contributed by atoms with van der Waals surface area (Å²) in [6, 6.07) is 20.3. The van der Waals surface area contributed by atoms with E-state index in [2.05, 4.69) is 0 Å². The van der Waals surface area contributed by atoms with Gasteiger partial charge in [0.25, 0.3) is 0 Å². The van der Waals surface area contributed by atoms with E-state index in [-0.39, 0.29) is 0 Å². The first-order valence-electron chi connectivity index (χ1n) is 13.3. The number of fused-ring (bicyclic) bond motifs is 1. The molecule has 0 unspecified atom stereocenters. The van der Waals surface area contributed by atoms with Gasteiger partial charge in [0.2, 0.25) is 0 Å². The van der Waals surface area contributed by atoms with E-state index in [1.807, 2.05) is 60.7 Å². The molecule has 6 N–H and O–H groups in total. The number of nitrogens with two attached hydrogens (primary N) is 2. The minimum Gasteiger partial charge on any atom is -0.480 e. The molecule has 0 saturated carbocycles. The van der Waals surface area contributed by atoms with E-state index in [1.54, 1.807) is 44.6 Å². The van der Waals surface area contributed by atoms with Gasteiger partial charge in [-0.25, -0.2) is 14.3 Å². The van der Waals surface area contributed by atoms with Crippen LogP contribution in [0.1, 0.15) is 38.8 Å². The van der Waals surface area contributed by atoms with Crippen molar-refractivity contribution in [1.82, 2.24) is 9.78 Å². The number of hydrogen-bond donors (Lipinski definition) is 4.